The second-order valence-electron chi connectivity index (χ2n) is 5.01. The first-order chi connectivity index (χ1) is 9.08. The Bertz CT molecular complexity index is 434. The number of nitrogens with zero attached hydrogens (tertiary/aromatic N) is 2. The van der Waals surface area contributed by atoms with E-state index >= 15 is 0 Å². The molecule has 5 heteroatoms. The highest BCUT2D eigenvalue weighted by atomic mass is 16.5. The number of aryl methyl sites for hydroxylation is 2. The number of carbonyl (C=O) groups is 1. The van der Waals surface area contributed by atoms with Crippen LogP contribution in [0.4, 0.5) is 0 Å². The van der Waals surface area contributed by atoms with Crippen LogP contribution in [0.15, 0.2) is 6.07 Å². The Balaban J connectivity index is 1.90. The summed E-state index contributed by atoms with van der Waals surface area (Å²) in [6, 6.07) is 1.85. The maximum atomic E-state index is 11.4. The van der Waals surface area contributed by atoms with Gasteiger partial charge in [-0.15, -0.1) is 0 Å². The summed E-state index contributed by atoms with van der Waals surface area (Å²) in [7, 11) is 1.44. The molecule has 0 bridgehead atoms. The van der Waals surface area contributed by atoms with Crippen molar-refractivity contribution in [2.75, 3.05) is 7.11 Å². The standard InChI is InChI=1S/C14H20N2O3/c1-9-8-13(16-10(2)15-9)19-12-6-4-11(5-7-12)14(17)18-3/h8,11-12H,4-7H2,1-3H3. The van der Waals surface area contributed by atoms with Crippen molar-refractivity contribution >= 4 is 5.97 Å². The van der Waals surface area contributed by atoms with Gasteiger partial charge in [0, 0.05) is 11.8 Å². The Morgan fingerprint density at radius 3 is 2.47 bits per heavy atom. The Kier molecular flexibility index (Phi) is 4.35. The highest BCUT2D eigenvalue weighted by Crippen LogP contribution is 2.28. The highest BCUT2D eigenvalue weighted by Gasteiger charge is 2.28. The van der Waals surface area contributed by atoms with E-state index in [9.17, 15) is 4.79 Å². The van der Waals surface area contributed by atoms with Crippen molar-refractivity contribution in [3.63, 3.8) is 0 Å². The largest absolute Gasteiger partial charge is 0.474 e. The average molecular weight is 264 g/mol. The molecule has 1 aliphatic carbocycles. The molecule has 0 atom stereocenters. The molecular weight excluding hydrogens is 244 g/mol. The summed E-state index contributed by atoms with van der Waals surface area (Å²) in [6.45, 7) is 3.78. The van der Waals surface area contributed by atoms with Gasteiger partial charge in [0.25, 0.3) is 0 Å². The number of aromatic nitrogens is 2. The van der Waals surface area contributed by atoms with E-state index in [1.165, 1.54) is 7.11 Å². The lowest BCUT2D eigenvalue weighted by molar-refractivity contribution is -0.147. The van der Waals surface area contributed by atoms with Gasteiger partial charge in [0.15, 0.2) is 0 Å². The first-order valence-corrected chi connectivity index (χ1v) is 6.65. The number of esters is 1. The van der Waals surface area contributed by atoms with Crippen molar-refractivity contribution < 1.29 is 14.3 Å². The molecule has 1 fully saturated rings. The van der Waals surface area contributed by atoms with E-state index in [0.29, 0.717) is 5.88 Å². The molecule has 0 aliphatic heterocycles. The molecule has 19 heavy (non-hydrogen) atoms. The third kappa shape index (κ3) is 3.66. The summed E-state index contributed by atoms with van der Waals surface area (Å²) in [4.78, 5) is 19.9. The topological polar surface area (TPSA) is 61.3 Å². The molecule has 1 aliphatic rings. The molecule has 0 unspecified atom stereocenters. The van der Waals surface area contributed by atoms with Gasteiger partial charge in [0.2, 0.25) is 5.88 Å². The molecule has 1 aromatic rings. The predicted octanol–water partition coefficient (Wildman–Crippen LogP) is 2.20. The van der Waals surface area contributed by atoms with Crippen LogP contribution in [-0.2, 0) is 9.53 Å². The van der Waals surface area contributed by atoms with Gasteiger partial charge >= 0.3 is 5.97 Å². The lowest BCUT2D eigenvalue weighted by Gasteiger charge is -2.27. The van der Waals surface area contributed by atoms with Crippen LogP contribution in [0.2, 0.25) is 0 Å². The maximum absolute atomic E-state index is 11.4. The lowest BCUT2D eigenvalue weighted by atomic mass is 9.87. The molecule has 0 spiro atoms. The van der Waals surface area contributed by atoms with Crippen LogP contribution in [0.1, 0.15) is 37.2 Å². The third-order valence-electron chi connectivity index (χ3n) is 3.44. The summed E-state index contributed by atoms with van der Waals surface area (Å²) in [5.74, 6) is 1.27. The average Bonchev–Trinajstić information content (AvgIpc) is 2.37. The minimum Gasteiger partial charge on any atom is -0.474 e. The van der Waals surface area contributed by atoms with Crippen LogP contribution in [-0.4, -0.2) is 29.2 Å². The van der Waals surface area contributed by atoms with Crippen LogP contribution in [0.25, 0.3) is 0 Å². The molecule has 0 aromatic carbocycles. The number of hydrogen-bond donors (Lipinski definition) is 0. The first kappa shape index (κ1) is 13.8. The van der Waals surface area contributed by atoms with Gasteiger partial charge in [-0.1, -0.05) is 0 Å². The molecule has 0 amide bonds. The smallest absolute Gasteiger partial charge is 0.308 e. The summed E-state index contributed by atoms with van der Waals surface area (Å²) in [5.41, 5.74) is 0.908. The maximum Gasteiger partial charge on any atom is 0.308 e. The van der Waals surface area contributed by atoms with E-state index in [4.69, 9.17) is 9.47 Å². The number of carbonyl (C=O) groups excluding carboxylic acids is 1. The zero-order valence-electron chi connectivity index (χ0n) is 11.7. The quantitative estimate of drug-likeness (QED) is 0.783. The van der Waals surface area contributed by atoms with Gasteiger partial charge in [0.05, 0.1) is 13.0 Å². The predicted molar refractivity (Wildman–Crippen MR) is 69.9 cm³/mol. The zero-order valence-corrected chi connectivity index (χ0v) is 11.7. The zero-order chi connectivity index (χ0) is 13.8. The molecule has 0 saturated heterocycles. The second kappa shape index (κ2) is 5.99. The molecule has 1 heterocycles. The van der Waals surface area contributed by atoms with Crippen LogP contribution in [0.5, 0.6) is 5.88 Å². The van der Waals surface area contributed by atoms with Gasteiger partial charge in [-0.05, 0) is 39.5 Å². The minimum atomic E-state index is -0.104. The summed E-state index contributed by atoms with van der Waals surface area (Å²) in [6.07, 6.45) is 3.50. The first-order valence-electron chi connectivity index (χ1n) is 6.65. The van der Waals surface area contributed by atoms with Gasteiger partial charge in [-0.25, -0.2) is 4.98 Å². The van der Waals surface area contributed by atoms with Crippen molar-refractivity contribution in [2.45, 2.75) is 45.6 Å². The Morgan fingerprint density at radius 1 is 1.21 bits per heavy atom. The molecule has 1 aromatic heterocycles. The fourth-order valence-corrected chi connectivity index (χ4v) is 2.50. The fraction of sp³-hybridized carbons (Fsp3) is 0.643. The van der Waals surface area contributed by atoms with Crippen LogP contribution < -0.4 is 4.74 Å². The van der Waals surface area contributed by atoms with E-state index in [1.54, 1.807) is 0 Å². The Labute approximate surface area is 113 Å². The minimum absolute atomic E-state index is 0.0266. The van der Waals surface area contributed by atoms with Crippen LogP contribution >= 0.6 is 0 Å². The van der Waals surface area contributed by atoms with Gasteiger partial charge < -0.3 is 9.47 Å². The summed E-state index contributed by atoms with van der Waals surface area (Å²) >= 11 is 0. The monoisotopic (exact) mass is 264 g/mol. The third-order valence-corrected chi connectivity index (χ3v) is 3.44. The molecule has 104 valence electrons. The lowest BCUT2D eigenvalue weighted by Crippen LogP contribution is -2.28. The number of hydrogen-bond acceptors (Lipinski definition) is 5. The summed E-state index contributed by atoms with van der Waals surface area (Å²) in [5, 5.41) is 0. The van der Waals surface area contributed by atoms with Crippen molar-refractivity contribution in [1.82, 2.24) is 9.97 Å². The normalized spacial score (nSPS) is 22.9. The molecule has 5 nitrogen and oxygen atoms in total. The van der Waals surface area contributed by atoms with Crippen molar-refractivity contribution in [2.24, 2.45) is 5.92 Å². The highest BCUT2D eigenvalue weighted by molar-refractivity contribution is 5.72. The van der Waals surface area contributed by atoms with E-state index in [-0.39, 0.29) is 18.0 Å². The van der Waals surface area contributed by atoms with E-state index in [1.807, 2.05) is 19.9 Å². The van der Waals surface area contributed by atoms with Gasteiger partial charge in [0.1, 0.15) is 11.9 Å². The van der Waals surface area contributed by atoms with E-state index in [0.717, 1.165) is 37.2 Å². The van der Waals surface area contributed by atoms with Crippen LogP contribution in [0, 0.1) is 19.8 Å². The van der Waals surface area contributed by atoms with Crippen LogP contribution in [0.3, 0.4) is 0 Å². The fourth-order valence-electron chi connectivity index (χ4n) is 2.50. The molecule has 0 N–H and O–H groups in total. The number of ether oxygens (including phenoxy) is 2. The SMILES string of the molecule is COC(=O)C1CCC(Oc2cc(C)nc(C)n2)CC1. The number of methoxy groups -OCH3 is 1. The molecule has 0 radical (unpaired) electrons. The summed E-state index contributed by atoms with van der Waals surface area (Å²) < 4.78 is 10.6. The van der Waals surface area contributed by atoms with Gasteiger partial charge in [-0.2, -0.15) is 4.98 Å². The van der Waals surface area contributed by atoms with Crippen molar-refractivity contribution in [3.8, 4) is 5.88 Å². The Morgan fingerprint density at radius 2 is 1.89 bits per heavy atom. The molecular formula is C14H20N2O3. The number of rotatable bonds is 3. The van der Waals surface area contributed by atoms with Gasteiger partial charge in [-0.3, -0.25) is 4.79 Å². The van der Waals surface area contributed by atoms with E-state index in [2.05, 4.69) is 9.97 Å². The van der Waals surface area contributed by atoms with Crippen molar-refractivity contribution in [1.29, 1.82) is 0 Å². The van der Waals surface area contributed by atoms with E-state index < -0.39 is 0 Å². The molecule has 2 rings (SSSR count). The Hall–Kier alpha value is -1.65. The van der Waals surface area contributed by atoms with Crippen molar-refractivity contribution in [3.05, 3.63) is 17.6 Å². The molecule has 1 saturated carbocycles. The second-order valence-corrected chi connectivity index (χ2v) is 5.01.